The Morgan fingerprint density at radius 3 is 2.52 bits per heavy atom. The van der Waals surface area contributed by atoms with Crippen LogP contribution in [0.2, 0.25) is 0 Å². The summed E-state index contributed by atoms with van der Waals surface area (Å²) in [4.78, 5) is 13.6. The zero-order valence-electron chi connectivity index (χ0n) is 14.6. The van der Waals surface area contributed by atoms with E-state index in [1.165, 1.54) is 5.56 Å². The van der Waals surface area contributed by atoms with Crippen molar-refractivity contribution >= 4 is 5.97 Å². The lowest BCUT2D eigenvalue weighted by Crippen LogP contribution is -2.45. The Kier molecular flexibility index (Phi) is 5.71. The number of aliphatic carboxylic acids is 1. The van der Waals surface area contributed by atoms with E-state index in [9.17, 15) is 9.90 Å². The van der Waals surface area contributed by atoms with E-state index in [1.54, 1.807) is 0 Å². The molecule has 1 N–H and O–H groups in total. The predicted molar refractivity (Wildman–Crippen MR) is 97.4 cm³/mol. The maximum atomic E-state index is 11.4. The molecule has 0 aliphatic carbocycles. The standard InChI is InChI=1S/C21H25NO3/c1-16-20(21(23)24)8-5-13-22(16)14-17-9-11-19(12-10-17)25-15-18-6-3-2-4-7-18/h2-4,6-7,9-12,16,20H,5,8,13-15H2,1H3,(H,23,24)/t16-,20-/m1/s1. The van der Waals surface area contributed by atoms with Gasteiger partial charge in [-0.1, -0.05) is 42.5 Å². The topological polar surface area (TPSA) is 49.8 Å². The molecular weight excluding hydrogens is 314 g/mol. The molecule has 0 spiro atoms. The number of carboxylic acid groups (broad SMARTS) is 1. The lowest BCUT2D eigenvalue weighted by Gasteiger charge is -2.37. The van der Waals surface area contributed by atoms with Crippen LogP contribution in [0.4, 0.5) is 0 Å². The minimum absolute atomic E-state index is 0.0697. The lowest BCUT2D eigenvalue weighted by atomic mass is 9.90. The first-order valence-electron chi connectivity index (χ1n) is 8.86. The quantitative estimate of drug-likeness (QED) is 0.866. The maximum absolute atomic E-state index is 11.4. The van der Waals surface area contributed by atoms with Crippen LogP contribution in [-0.4, -0.2) is 28.6 Å². The van der Waals surface area contributed by atoms with Crippen molar-refractivity contribution in [1.29, 1.82) is 0 Å². The summed E-state index contributed by atoms with van der Waals surface area (Å²) < 4.78 is 5.82. The van der Waals surface area contributed by atoms with Gasteiger partial charge in [-0.25, -0.2) is 0 Å². The molecule has 3 rings (SSSR count). The maximum Gasteiger partial charge on any atom is 0.308 e. The van der Waals surface area contributed by atoms with Gasteiger partial charge in [0.05, 0.1) is 5.92 Å². The average molecular weight is 339 g/mol. The van der Waals surface area contributed by atoms with Gasteiger partial charge < -0.3 is 9.84 Å². The summed E-state index contributed by atoms with van der Waals surface area (Å²) >= 11 is 0. The van der Waals surface area contributed by atoms with Crippen LogP contribution < -0.4 is 4.74 Å². The molecule has 1 fully saturated rings. The normalized spacial score (nSPS) is 21.0. The lowest BCUT2D eigenvalue weighted by molar-refractivity contribution is -0.145. The molecule has 0 aromatic heterocycles. The number of rotatable bonds is 6. The smallest absolute Gasteiger partial charge is 0.308 e. The van der Waals surface area contributed by atoms with Crippen molar-refractivity contribution in [2.75, 3.05) is 6.54 Å². The third-order valence-corrected chi connectivity index (χ3v) is 4.99. The molecule has 0 bridgehead atoms. The zero-order chi connectivity index (χ0) is 17.6. The predicted octanol–water partition coefficient (Wildman–Crippen LogP) is 3.95. The van der Waals surface area contributed by atoms with Crippen LogP contribution >= 0.6 is 0 Å². The third-order valence-electron chi connectivity index (χ3n) is 4.99. The minimum Gasteiger partial charge on any atom is -0.489 e. The molecule has 0 saturated carbocycles. The summed E-state index contributed by atoms with van der Waals surface area (Å²) in [7, 11) is 0. The van der Waals surface area contributed by atoms with Crippen molar-refractivity contribution in [3.8, 4) is 5.75 Å². The number of likely N-dealkylation sites (tertiary alicyclic amines) is 1. The number of hydrogen-bond acceptors (Lipinski definition) is 3. The van der Waals surface area contributed by atoms with E-state index in [4.69, 9.17) is 4.74 Å². The average Bonchev–Trinajstić information content (AvgIpc) is 2.63. The van der Waals surface area contributed by atoms with Crippen LogP contribution in [0.1, 0.15) is 30.9 Å². The van der Waals surface area contributed by atoms with Crippen LogP contribution in [0, 0.1) is 5.92 Å². The van der Waals surface area contributed by atoms with Crippen molar-refractivity contribution in [2.45, 2.75) is 39.0 Å². The summed E-state index contributed by atoms with van der Waals surface area (Å²) in [5.41, 5.74) is 2.33. The van der Waals surface area contributed by atoms with Crippen LogP contribution in [0.15, 0.2) is 54.6 Å². The van der Waals surface area contributed by atoms with Gasteiger partial charge in [-0.15, -0.1) is 0 Å². The number of ether oxygens (including phenoxy) is 1. The van der Waals surface area contributed by atoms with E-state index in [-0.39, 0.29) is 12.0 Å². The molecule has 1 saturated heterocycles. The molecule has 0 radical (unpaired) electrons. The Morgan fingerprint density at radius 2 is 1.84 bits per heavy atom. The highest BCUT2D eigenvalue weighted by Crippen LogP contribution is 2.26. The fraction of sp³-hybridized carbons (Fsp3) is 0.381. The molecule has 4 nitrogen and oxygen atoms in total. The molecule has 4 heteroatoms. The molecular formula is C21H25NO3. The van der Waals surface area contributed by atoms with Gasteiger partial charge in [-0.3, -0.25) is 9.69 Å². The molecule has 2 aromatic rings. The van der Waals surface area contributed by atoms with Crippen molar-refractivity contribution in [2.24, 2.45) is 5.92 Å². The summed E-state index contributed by atoms with van der Waals surface area (Å²) in [6.45, 7) is 4.32. The summed E-state index contributed by atoms with van der Waals surface area (Å²) in [5.74, 6) is -0.0909. The molecule has 2 atom stereocenters. The Hall–Kier alpha value is -2.33. The van der Waals surface area contributed by atoms with Crippen LogP contribution in [0.3, 0.4) is 0 Å². The van der Waals surface area contributed by atoms with E-state index >= 15 is 0 Å². The molecule has 2 aromatic carbocycles. The van der Waals surface area contributed by atoms with E-state index in [1.807, 2.05) is 49.4 Å². The Labute approximate surface area is 149 Å². The Bertz CT molecular complexity index is 684. The van der Waals surface area contributed by atoms with E-state index in [2.05, 4.69) is 17.0 Å². The van der Waals surface area contributed by atoms with Crippen molar-refractivity contribution in [1.82, 2.24) is 4.90 Å². The molecule has 1 aliphatic rings. The summed E-state index contributed by atoms with van der Waals surface area (Å²) in [6, 6.07) is 18.3. The van der Waals surface area contributed by atoms with Gasteiger partial charge in [0, 0.05) is 12.6 Å². The van der Waals surface area contributed by atoms with Crippen LogP contribution in [-0.2, 0) is 17.9 Å². The van der Waals surface area contributed by atoms with Crippen molar-refractivity contribution < 1.29 is 14.6 Å². The molecule has 1 aliphatic heterocycles. The highest BCUT2D eigenvalue weighted by atomic mass is 16.5. The Balaban J connectivity index is 1.56. The van der Waals surface area contributed by atoms with Gasteiger partial charge in [0.1, 0.15) is 12.4 Å². The van der Waals surface area contributed by atoms with Gasteiger partial charge in [-0.05, 0) is 49.6 Å². The number of carbonyl (C=O) groups is 1. The van der Waals surface area contributed by atoms with Crippen molar-refractivity contribution in [3.05, 3.63) is 65.7 Å². The molecule has 0 unspecified atom stereocenters. The number of nitrogens with zero attached hydrogens (tertiary/aromatic N) is 1. The summed E-state index contributed by atoms with van der Waals surface area (Å²) in [6.07, 6.45) is 1.72. The Morgan fingerprint density at radius 1 is 1.12 bits per heavy atom. The molecule has 0 amide bonds. The zero-order valence-corrected chi connectivity index (χ0v) is 14.6. The number of piperidine rings is 1. The number of hydrogen-bond donors (Lipinski definition) is 1. The highest BCUT2D eigenvalue weighted by molar-refractivity contribution is 5.71. The van der Waals surface area contributed by atoms with E-state index in [0.29, 0.717) is 6.61 Å². The molecule has 132 valence electrons. The van der Waals surface area contributed by atoms with Crippen LogP contribution in [0.5, 0.6) is 5.75 Å². The first-order valence-corrected chi connectivity index (χ1v) is 8.86. The second kappa shape index (κ2) is 8.17. The fourth-order valence-corrected chi connectivity index (χ4v) is 3.43. The molecule has 1 heterocycles. The minimum atomic E-state index is -0.679. The van der Waals surface area contributed by atoms with Crippen LogP contribution in [0.25, 0.3) is 0 Å². The first-order chi connectivity index (χ1) is 12.1. The fourth-order valence-electron chi connectivity index (χ4n) is 3.43. The third kappa shape index (κ3) is 4.60. The largest absolute Gasteiger partial charge is 0.489 e. The SMILES string of the molecule is C[C@@H]1[C@H](C(=O)O)CCCN1Cc1ccc(OCc2ccccc2)cc1. The van der Waals surface area contributed by atoms with Gasteiger partial charge in [-0.2, -0.15) is 0 Å². The van der Waals surface area contributed by atoms with E-state index < -0.39 is 5.97 Å². The number of carboxylic acids is 1. The van der Waals surface area contributed by atoms with E-state index in [0.717, 1.165) is 37.2 Å². The highest BCUT2D eigenvalue weighted by Gasteiger charge is 2.32. The van der Waals surface area contributed by atoms with Gasteiger partial charge >= 0.3 is 5.97 Å². The van der Waals surface area contributed by atoms with Gasteiger partial charge in [0.15, 0.2) is 0 Å². The van der Waals surface area contributed by atoms with Gasteiger partial charge in [0.25, 0.3) is 0 Å². The van der Waals surface area contributed by atoms with Crippen molar-refractivity contribution in [3.63, 3.8) is 0 Å². The van der Waals surface area contributed by atoms with Gasteiger partial charge in [0.2, 0.25) is 0 Å². The summed E-state index contributed by atoms with van der Waals surface area (Å²) in [5, 5.41) is 9.34. The second-order valence-electron chi connectivity index (χ2n) is 6.72. The second-order valence-corrected chi connectivity index (χ2v) is 6.72. The monoisotopic (exact) mass is 339 g/mol. The number of benzene rings is 2. The molecule has 25 heavy (non-hydrogen) atoms. The first kappa shape index (κ1) is 17.5.